The van der Waals surface area contributed by atoms with Gasteiger partial charge in [0, 0.05) is 17.8 Å². The van der Waals surface area contributed by atoms with Gasteiger partial charge in [-0.25, -0.2) is 18.5 Å². The van der Waals surface area contributed by atoms with Gasteiger partial charge in [0.15, 0.2) is 12.4 Å². The number of rotatable bonds is 12. The first-order valence-electron chi connectivity index (χ1n) is 17.0. The molecule has 4 N–H and O–H groups in total. The van der Waals surface area contributed by atoms with Crippen LogP contribution in [0, 0.1) is 11.6 Å². The van der Waals surface area contributed by atoms with Crippen LogP contribution in [-0.4, -0.2) is 80.6 Å². The highest BCUT2D eigenvalue weighted by Crippen LogP contribution is 2.38. The molecule has 16 nitrogen and oxygen atoms in total. The zero-order valence-electron chi connectivity index (χ0n) is 31.1. The number of carbonyl (C=O) groups is 4. The Morgan fingerprint density at radius 1 is 1.10 bits per heavy atom. The fourth-order valence-corrected chi connectivity index (χ4v) is 6.23. The van der Waals surface area contributed by atoms with E-state index in [0.29, 0.717) is 16.2 Å². The van der Waals surface area contributed by atoms with Crippen molar-refractivity contribution in [3.63, 3.8) is 0 Å². The number of hydrogen-bond acceptors (Lipinski definition) is 12. The fourth-order valence-electron chi connectivity index (χ4n) is 5.07. The summed E-state index contributed by atoms with van der Waals surface area (Å²) >= 11 is 6.25. The number of nitrogens with one attached hydrogen (secondary N) is 1. The molecule has 3 aromatic rings. The molecule has 0 radical (unpaired) electrons. The number of aromatic nitrogens is 2. The van der Waals surface area contributed by atoms with E-state index in [1.165, 1.54) is 35.2 Å². The normalized spacial score (nSPS) is 14.4. The van der Waals surface area contributed by atoms with Gasteiger partial charge in [0.05, 0.1) is 29.6 Å². The number of amides is 3. The first-order chi connectivity index (χ1) is 27.0. The molecule has 2 heterocycles. The predicted octanol–water partition coefficient (Wildman–Crippen LogP) is 6.89. The van der Waals surface area contributed by atoms with Crippen molar-refractivity contribution in [2.75, 3.05) is 29.2 Å². The molecule has 1 aliphatic carbocycles. The summed E-state index contributed by atoms with van der Waals surface area (Å²) < 4.78 is 90.4. The number of hydrogen-bond donors (Lipinski definition) is 4. The number of nitrogens with zero attached hydrogens (tertiary/aromatic N) is 4. The lowest BCUT2D eigenvalue weighted by Crippen LogP contribution is -2.40. The molecule has 1 aromatic heterocycles. The second-order valence-corrected chi connectivity index (χ2v) is 15.7. The van der Waals surface area contributed by atoms with Gasteiger partial charge in [-0.1, -0.05) is 28.0 Å². The molecule has 58 heavy (non-hydrogen) atoms. The van der Waals surface area contributed by atoms with Crippen molar-refractivity contribution in [3.05, 3.63) is 69.4 Å². The monoisotopic (exact) mass is 885 g/mol. The van der Waals surface area contributed by atoms with Crippen molar-refractivity contribution in [2.45, 2.75) is 71.7 Å². The quantitative estimate of drug-likeness (QED) is 0.0828. The van der Waals surface area contributed by atoms with Crippen LogP contribution in [0.4, 0.5) is 38.1 Å². The summed E-state index contributed by atoms with van der Waals surface area (Å²) in [6, 6.07) is 7.34. The van der Waals surface area contributed by atoms with Gasteiger partial charge < -0.3 is 34.0 Å². The van der Waals surface area contributed by atoms with E-state index in [0.717, 1.165) is 31.7 Å². The number of halogens is 6. The number of ether oxygens (including phenoxy) is 3. The van der Waals surface area contributed by atoms with Crippen LogP contribution in [0.5, 0.6) is 10.9 Å². The molecule has 0 atom stereocenters. The van der Waals surface area contributed by atoms with Crippen molar-refractivity contribution in [2.24, 2.45) is 0 Å². The maximum absolute atomic E-state index is 14.3. The lowest BCUT2D eigenvalue weighted by molar-refractivity contribution is -0.138. The summed E-state index contributed by atoms with van der Waals surface area (Å²) in [5.74, 6) is -3.42. The fraction of sp³-hybridized carbons (Fsp3) is 0.412. The summed E-state index contributed by atoms with van der Waals surface area (Å²) in [7, 11) is -4.10. The van der Waals surface area contributed by atoms with E-state index in [-0.39, 0.29) is 50.9 Å². The maximum atomic E-state index is 14.3. The zero-order valence-corrected chi connectivity index (χ0v) is 33.6. The van der Waals surface area contributed by atoms with Crippen LogP contribution >= 0.6 is 30.5 Å². The molecule has 5 rings (SSSR count). The average Bonchev–Trinajstić information content (AvgIpc) is 3.87. The van der Waals surface area contributed by atoms with Gasteiger partial charge in [0.1, 0.15) is 17.4 Å². The number of carboxylic acids is 1. The number of imide groups is 1. The van der Waals surface area contributed by atoms with Gasteiger partial charge in [0.25, 0.3) is 11.1 Å². The summed E-state index contributed by atoms with van der Waals surface area (Å²) in [5, 5.41) is 14.9. The second-order valence-electron chi connectivity index (χ2n) is 12.7. The van der Waals surface area contributed by atoms with Crippen molar-refractivity contribution >= 4 is 65.8 Å². The van der Waals surface area contributed by atoms with E-state index in [1.807, 2.05) is 0 Å². The minimum absolute atomic E-state index is 0.00962. The van der Waals surface area contributed by atoms with Gasteiger partial charge in [-0.05, 0) is 89.3 Å². The van der Waals surface area contributed by atoms with E-state index in [1.54, 1.807) is 27.7 Å². The number of carbonyl (C=O) groups excluding carboxylic acids is 3. The summed E-state index contributed by atoms with van der Waals surface area (Å²) in [4.78, 5) is 64.8. The Kier molecular flexibility index (Phi) is 17.1. The summed E-state index contributed by atoms with van der Waals surface area (Å²) in [6.45, 7) is 5.81. The molecule has 3 amide bonds. The van der Waals surface area contributed by atoms with E-state index in [2.05, 4.69) is 15.5 Å². The molecule has 1 saturated carbocycles. The van der Waals surface area contributed by atoms with Gasteiger partial charge in [0.2, 0.25) is 5.01 Å². The molecule has 1 saturated heterocycles. The van der Waals surface area contributed by atoms with Gasteiger partial charge in [-0.2, -0.15) is 13.2 Å². The van der Waals surface area contributed by atoms with Gasteiger partial charge >= 0.3 is 31.7 Å². The second kappa shape index (κ2) is 20.8. The molecule has 318 valence electrons. The van der Waals surface area contributed by atoms with E-state index in [4.69, 9.17) is 40.7 Å². The first-order valence-corrected chi connectivity index (χ1v) is 19.9. The number of anilines is 2. The maximum Gasteiger partial charge on any atom is 0.445 e. The molecular formula is C34H38ClF5N5O11PS. The number of cyclic esters (lactones) is 1. The van der Waals surface area contributed by atoms with E-state index < -0.39 is 73.7 Å². The first kappa shape index (κ1) is 47.6. The number of alkyl halides is 3. The van der Waals surface area contributed by atoms with Crippen LogP contribution in [0.2, 0.25) is 5.02 Å². The topological polar surface area (TPSA) is 218 Å². The predicted molar refractivity (Wildman–Crippen MR) is 199 cm³/mol. The Balaban J connectivity index is 0.000000253. The third kappa shape index (κ3) is 14.3. The van der Waals surface area contributed by atoms with E-state index in [9.17, 15) is 45.7 Å². The summed E-state index contributed by atoms with van der Waals surface area (Å²) in [6.07, 6.45) is -2.21. The van der Waals surface area contributed by atoms with Crippen molar-refractivity contribution in [1.29, 1.82) is 0 Å². The molecule has 0 spiro atoms. The van der Waals surface area contributed by atoms with Crippen LogP contribution in [0.1, 0.15) is 58.4 Å². The highest BCUT2D eigenvalue weighted by molar-refractivity contribution is 7.51. The summed E-state index contributed by atoms with van der Waals surface area (Å²) in [5.41, 5.74) is 0.763. The van der Waals surface area contributed by atoms with Crippen LogP contribution in [0.25, 0.3) is 0 Å². The molecule has 1 aliphatic heterocycles. The lowest BCUT2D eigenvalue weighted by atomic mass is 10.2. The Bertz CT molecular complexity index is 2020. The average molecular weight is 886 g/mol. The number of allylic oxidation sites excluding steroid dienone is 1. The molecular weight excluding hydrogens is 848 g/mol. The Morgan fingerprint density at radius 3 is 2.22 bits per heavy atom. The van der Waals surface area contributed by atoms with E-state index >= 15 is 0 Å². The largest absolute Gasteiger partial charge is 0.489 e. The number of carboxylic acid groups (broad SMARTS) is 1. The standard InChI is InChI=1S/C17H17ClFNO4.C14H13F4N3O2S.C3H8NO5P/c1-9(2)15-16(21)20(17(22)24-15)13-8-14(11(18)7-12(13)19)23-10-5-3-4-6-10;1-8(2)21(10-5-3-9(15)4-6-10)11(22)7-23-13-20-19-12(24-13)14(16,17)18;5-3(6)1-4-2-10(7,8)9/h7-8,10H,3-6H2,1-2H3;3-6,8H,7H2,1-2H3;4H,1-2H2,(H,5,6)(H2,7,8,9). The minimum Gasteiger partial charge on any atom is -0.489 e. The van der Waals surface area contributed by atoms with Crippen LogP contribution in [0.3, 0.4) is 0 Å². The third-order valence-electron chi connectivity index (χ3n) is 7.51. The van der Waals surface area contributed by atoms with Crippen molar-refractivity contribution < 1.29 is 74.8 Å². The van der Waals surface area contributed by atoms with Gasteiger partial charge in [-0.15, -0.1) is 5.10 Å². The smallest absolute Gasteiger partial charge is 0.445 e. The van der Waals surface area contributed by atoms with Crippen LogP contribution < -0.4 is 24.6 Å². The van der Waals surface area contributed by atoms with Crippen molar-refractivity contribution in [3.8, 4) is 10.9 Å². The zero-order chi connectivity index (χ0) is 43.5. The van der Waals surface area contributed by atoms with Crippen molar-refractivity contribution in [1.82, 2.24) is 15.5 Å². The van der Waals surface area contributed by atoms with Crippen LogP contribution in [0.15, 0.2) is 47.7 Å². The lowest BCUT2D eigenvalue weighted by Gasteiger charge is -2.26. The minimum atomic E-state index is -4.61. The Labute approximate surface area is 336 Å². The molecule has 2 aliphatic rings. The third-order valence-corrected chi connectivity index (χ3v) is 9.32. The Morgan fingerprint density at radius 2 is 1.72 bits per heavy atom. The SMILES string of the molecule is CC(C)=C1OC(=O)N(c2cc(OC3CCCC3)c(Cl)cc2F)C1=O.CC(C)N(C(=O)COc1nnc(C(F)(F)F)s1)c1ccc(F)cc1.O=C(O)CNCP(=O)(O)O. The molecule has 2 fully saturated rings. The molecule has 24 heteroatoms. The molecule has 0 bridgehead atoms. The molecule has 0 unspecified atom stereocenters. The highest BCUT2D eigenvalue weighted by atomic mass is 35.5. The van der Waals surface area contributed by atoms with Gasteiger partial charge in [-0.3, -0.25) is 24.3 Å². The number of benzene rings is 2. The van der Waals surface area contributed by atoms with Crippen LogP contribution in [-0.2, 0) is 29.9 Å². The highest BCUT2D eigenvalue weighted by Gasteiger charge is 2.40. The molecule has 2 aromatic carbocycles. The Hall–Kier alpha value is -4.73. The number of aliphatic carboxylic acids is 1.